The zero-order valence-electron chi connectivity index (χ0n) is 17.0. The molecule has 1 fully saturated rings. The summed E-state index contributed by atoms with van der Waals surface area (Å²) in [6, 6.07) is 5.60. The van der Waals surface area contributed by atoms with Gasteiger partial charge in [0.15, 0.2) is 0 Å². The van der Waals surface area contributed by atoms with Gasteiger partial charge in [0.25, 0.3) is 0 Å². The summed E-state index contributed by atoms with van der Waals surface area (Å²) in [5.74, 6) is 2.97. The standard InChI is InChI=1S/C21H28N4O3/c1-14-10-22-25(11-15-5-6-15)19(14)23-20(26)24-12-16-7-8-17(27-4)9-18(16)28-21(2,3)13-24/h7-10,15H,5-6,11-13H2,1-4H3,(H,23,26). The van der Waals surface area contributed by atoms with Gasteiger partial charge < -0.3 is 14.4 Å². The number of urea groups is 1. The van der Waals surface area contributed by atoms with E-state index in [1.807, 2.05) is 49.8 Å². The zero-order chi connectivity index (χ0) is 19.9. The third-order valence-electron chi connectivity index (χ3n) is 5.26. The molecule has 1 saturated carbocycles. The third-order valence-corrected chi connectivity index (χ3v) is 5.26. The van der Waals surface area contributed by atoms with E-state index in [4.69, 9.17) is 9.47 Å². The van der Waals surface area contributed by atoms with Crippen molar-refractivity contribution >= 4 is 11.8 Å². The second-order valence-corrected chi connectivity index (χ2v) is 8.42. The fourth-order valence-corrected chi connectivity index (χ4v) is 3.59. The lowest BCUT2D eigenvalue weighted by Crippen LogP contribution is -2.45. The topological polar surface area (TPSA) is 68.6 Å². The number of carbonyl (C=O) groups excluding carboxylic acids is 1. The van der Waals surface area contributed by atoms with Gasteiger partial charge in [-0.25, -0.2) is 9.48 Å². The summed E-state index contributed by atoms with van der Waals surface area (Å²) in [6.45, 7) is 7.77. The van der Waals surface area contributed by atoms with Crippen LogP contribution in [-0.2, 0) is 13.1 Å². The lowest BCUT2D eigenvalue weighted by molar-refractivity contribution is 0.0832. The summed E-state index contributed by atoms with van der Waals surface area (Å²) in [7, 11) is 1.64. The van der Waals surface area contributed by atoms with Crippen molar-refractivity contribution in [3.8, 4) is 11.5 Å². The van der Waals surface area contributed by atoms with E-state index in [-0.39, 0.29) is 6.03 Å². The van der Waals surface area contributed by atoms with Gasteiger partial charge in [0.05, 0.1) is 26.4 Å². The molecule has 0 radical (unpaired) electrons. The van der Waals surface area contributed by atoms with E-state index >= 15 is 0 Å². The summed E-state index contributed by atoms with van der Waals surface area (Å²) >= 11 is 0. The van der Waals surface area contributed by atoms with Gasteiger partial charge in [0.1, 0.15) is 22.9 Å². The van der Waals surface area contributed by atoms with Crippen LogP contribution in [0.25, 0.3) is 0 Å². The number of hydrogen-bond donors (Lipinski definition) is 1. The molecule has 1 N–H and O–H groups in total. The van der Waals surface area contributed by atoms with Crippen LogP contribution in [0.5, 0.6) is 11.5 Å². The predicted octanol–water partition coefficient (Wildman–Crippen LogP) is 3.82. The third kappa shape index (κ3) is 3.93. The Kier molecular flexibility index (Phi) is 4.69. The molecule has 4 rings (SSSR count). The molecule has 2 aromatic rings. The number of ether oxygens (including phenoxy) is 2. The van der Waals surface area contributed by atoms with E-state index in [0.29, 0.717) is 19.0 Å². The molecule has 7 heteroatoms. The summed E-state index contributed by atoms with van der Waals surface area (Å²) in [4.78, 5) is 14.9. The van der Waals surface area contributed by atoms with Crippen molar-refractivity contribution in [1.29, 1.82) is 0 Å². The first-order valence-electron chi connectivity index (χ1n) is 9.79. The number of carbonyl (C=O) groups is 1. The summed E-state index contributed by atoms with van der Waals surface area (Å²) < 4.78 is 13.4. The van der Waals surface area contributed by atoms with Gasteiger partial charge >= 0.3 is 6.03 Å². The maximum Gasteiger partial charge on any atom is 0.323 e. The van der Waals surface area contributed by atoms with E-state index in [0.717, 1.165) is 35.0 Å². The Labute approximate surface area is 165 Å². The molecule has 150 valence electrons. The Morgan fingerprint density at radius 2 is 2.18 bits per heavy atom. The molecular formula is C21H28N4O3. The molecular weight excluding hydrogens is 356 g/mol. The molecule has 28 heavy (non-hydrogen) atoms. The van der Waals surface area contributed by atoms with Crippen LogP contribution in [-0.4, -0.2) is 40.0 Å². The normalized spacial score (nSPS) is 18.1. The molecule has 1 aromatic heterocycles. The first-order chi connectivity index (χ1) is 13.3. The van der Waals surface area contributed by atoms with Crippen LogP contribution in [0.4, 0.5) is 10.6 Å². The van der Waals surface area contributed by atoms with Gasteiger partial charge in [-0.05, 0) is 51.7 Å². The molecule has 0 unspecified atom stereocenters. The predicted molar refractivity (Wildman–Crippen MR) is 107 cm³/mol. The van der Waals surface area contributed by atoms with E-state index in [1.54, 1.807) is 12.0 Å². The summed E-state index contributed by atoms with van der Waals surface area (Å²) in [5, 5.41) is 7.53. The van der Waals surface area contributed by atoms with Crippen molar-refractivity contribution in [1.82, 2.24) is 14.7 Å². The SMILES string of the molecule is COc1ccc2c(c1)OC(C)(C)CN(C(=O)Nc1c(C)cnn1CC1CC1)C2. The van der Waals surface area contributed by atoms with Crippen LogP contribution in [0.15, 0.2) is 24.4 Å². The van der Waals surface area contributed by atoms with Crippen molar-refractivity contribution in [2.75, 3.05) is 19.0 Å². The average molecular weight is 384 g/mol. The number of hydrogen-bond acceptors (Lipinski definition) is 4. The Morgan fingerprint density at radius 3 is 2.89 bits per heavy atom. The van der Waals surface area contributed by atoms with E-state index in [1.165, 1.54) is 12.8 Å². The second kappa shape index (κ2) is 7.04. The lowest BCUT2D eigenvalue weighted by atomic mass is 10.1. The highest BCUT2D eigenvalue weighted by molar-refractivity contribution is 5.89. The van der Waals surface area contributed by atoms with Gasteiger partial charge in [0.2, 0.25) is 0 Å². The van der Waals surface area contributed by atoms with Crippen molar-refractivity contribution in [3.05, 3.63) is 35.5 Å². The largest absolute Gasteiger partial charge is 0.497 e. The second-order valence-electron chi connectivity index (χ2n) is 8.42. The Hall–Kier alpha value is -2.70. The Morgan fingerprint density at radius 1 is 1.39 bits per heavy atom. The fraction of sp³-hybridized carbons (Fsp3) is 0.524. The van der Waals surface area contributed by atoms with Crippen LogP contribution in [0.3, 0.4) is 0 Å². The Bertz CT molecular complexity index is 886. The van der Waals surface area contributed by atoms with Crippen LogP contribution in [0, 0.1) is 12.8 Å². The fourth-order valence-electron chi connectivity index (χ4n) is 3.59. The van der Waals surface area contributed by atoms with Gasteiger partial charge in [0, 0.05) is 23.7 Å². The van der Waals surface area contributed by atoms with Crippen molar-refractivity contribution < 1.29 is 14.3 Å². The number of nitrogens with zero attached hydrogens (tertiary/aromatic N) is 3. The van der Waals surface area contributed by atoms with Crippen molar-refractivity contribution in [2.45, 2.75) is 52.3 Å². The minimum Gasteiger partial charge on any atom is -0.497 e. The van der Waals surface area contributed by atoms with E-state index < -0.39 is 5.60 Å². The number of rotatable bonds is 4. The highest BCUT2D eigenvalue weighted by atomic mass is 16.5. The molecule has 1 aliphatic carbocycles. The molecule has 2 aliphatic rings. The first-order valence-corrected chi connectivity index (χ1v) is 9.79. The van der Waals surface area contributed by atoms with Crippen LogP contribution in [0.2, 0.25) is 0 Å². The molecule has 0 saturated heterocycles. The van der Waals surface area contributed by atoms with Gasteiger partial charge in [-0.3, -0.25) is 5.32 Å². The van der Waals surface area contributed by atoms with Crippen LogP contribution >= 0.6 is 0 Å². The Balaban J connectivity index is 1.56. The zero-order valence-corrected chi connectivity index (χ0v) is 17.0. The molecule has 2 heterocycles. The maximum absolute atomic E-state index is 13.1. The van der Waals surface area contributed by atoms with Crippen LogP contribution in [0.1, 0.15) is 37.8 Å². The van der Waals surface area contributed by atoms with Gasteiger partial charge in [-0.1, -0.05) is 0 Å². The highest BCUT2D eigenvalue weighted by Crippen LogP contribution is 2.34. The number of aromatic nitrogens is 2. The average Bonchev–Trinajstić information content (AvgIpc) is 3.42. The number of nitrogens with one attached hydrogen (secondary N) is 1. The molecule has 7 nitrogen and oxygen atoms in total. The molecule has 0 atom stereocenters. The molecule has 2 amide bonds. The summed E-state index contributed by atoms with van der Waals surface area (Å²) in [6.07, 6.45) is 4.30. The molecule has 0 spiro atoms. The first kappa shape index (κ1) is 18.7. The van der Waals surface area contributed by atoms with Gasteiger partial charge in [-0.2, -0.15) is 5.10 Å². The number of anilines is 1. The molecule has 0 bridgehead atoms. The van der Waals surface area contributed by atoms with Crippen molar-refractivity contribution in [3.63, 3.8) is 0 Å². The van der Waals surface area contributed by atoms with E-state index in [9.17, 15) is 4.79 Å². The highest BCUT2D eigenvalue weighted by Gasteiger charge is 2.32. The quantitative estimate of drug-likeness (QED) is 0.870. The molecule has 1 aliphatic heterocycles. The number of benzene rings is 1. The van der Waals surface area contributed by atoms with Gasteiger partial charge in [-0.15, -0.1) is 0 Å². The minimum absolute atomic E-state index is 0.138. The summed E-state index contributed by atoms with van der Waals surface area (Å²) in [5.41, 5.74) is 1.42. The number of fused-ring (bicyclic) bond motifs is 1. The minimum atomic E-state index is -0.516. The van der Waals surface area contributed by atoms with E-state index in [2.05, 4.69) is 10.4 Å². The number of methoxy groups -OCH3 is 1. The number of aryl methyl sites for hydroxylation is 1. The number of amides is 2. The monoisotopic (exact) mass is 384 g/mol. The molecule has 1 aromatic carbocycles. The maximum atomic E-state index is 13.1. The van der Waals surface area contributed by atoms with Crippen LogP contribution < -0.4 is 14.8 Å². The smallest absolute Gasteiger partial charge is 0.323 e. The lowest BCUT2D eigenvalue weighted by Gasteiger charge is -2.29. The van der Waals surface area contributed by atoms with Crippen molar-refractivity contribution in [2.24, 2.45) is 5.92 Å².